The van der Waals surface area contributed by atoms with E-state index in [2.05, 4.69) is 26.3 Å². The summed E-state index contributed by atoms with van der Waals surface area (Å²) < 4.78 is 37.4. The second kappa shape index (κ2) is 17.9. The number of nitrogens with one attached hydrogen (secondary N) is 5. The fraction of sp³-hybridized carbons (Fsp3) is 0.429. The van der Waals surface area contributed by atoms with Crippen molar-refractivity contribution in [1.82, 2.24) is 31.2 Å². The summed E-state index contributed by atoms with van der Waals surface area (Å²) in [4.78, 5) is 80.2. The van der Waals surface area contributed by atoms with Gasteiger partial charge in [0.1, 0.15) is 29.9 Å². The monoisotopic (exact) mass is 761 g/mol. The number of carbonyl (C=O) groups excluding carboxylic acids is 5. The zero-order valence-electron chi connectivity index (χ0n) is 29.3. The number of aromatic amines is 1. The van der Waals surface area contributed by atoms with Gasteiger partial charge >= 0.3 is 12.1 Å². The van der Waals surface area contributed by atoms with E-state index in [-0.39, 0.29) is 26.0 Å². The molecule has 16 nitrogen and oxygen atoms in total. The van der Waals surface area contributed by atoms with Crippen LogP contribution in [-0.2, 0) is 41.6 Å². The van der Waals surface area contributed by atoms with Crippen LogP contribution in [0.3, 0.4) is 0 Å². The van der Waals surface area contributed by atoms with Crippen molar-refractivity contribution in [2.24, 2.45) is 5.73 Å². The molecule has 3 aliphatic heterocycles. The Labute approximate surface area is 307 Å². The number of para-hydroxylation sites is 1. The molecule has 5 amide bonds. The summed E-state index contributed by atoms with van der Waals surface area (Å²) in [7, 11) is 0. The van der Waals surface area contributed by atoms with Crippen molar-refractivity contribution in [2.45, 2.75) is 75.6 Å². The second-order valence-corrected chi connectivity index (χ2v) is 12.9. The highest BCUT2D eigenvalue weighted by molar-refractivity contribution is 5.96. The Morgan fingerprint density at radius 3 is 2.31 bits per heavy atom. The molecule has 0 spiro atoms. The van der Waals surface area contributed by atoms with Crippen molar-refractivity contribution in [3.63, 3.8) is 0 Å². The van der Waals surface area contributed by atoms with E-state index in [1.54, 1.807) is 18.3 Å². The topological polar surface area (TPSA) is 245 Å². The number of carboxylic acids is 1. The maximum absolute atomic E-state index is 14.2. The number of amides is 5. The minimum absolute atomic E-state index is 0.0305. The van der Waals surface area contributed by atoms with Gasteiger partial charge in [-0.2, -0.15) is 13.2 Å². The van der Waals surface area contributed by atoms with Gasteiger partial charge in [-0.05, 0) is 56.0 Å². The summed E-state index contributed by atoms with van der Waals surface area (Å²) in [5.41, 5.74) is 8.79. The molecule has 1 fully saturated rings. The van der Waals surface area contributed by atoms with Crippen molar-refractivity contribution in [1.29, 1.82) is 0 Å². The number of nitrogens with two attached hydrogens (primary N) is 1. The Kier molecular flexibility index (Phi) is 13.6. The maximum atomic E-state index is 14.2. The zero-order chi connectivity index (χ0) is 39.7. The van der Waals surface area contributed by atoms with Gasteiger partial charge in [-0.25, -0.2) is 4.79 Å². The van der Waals surface area contributed by atoms with E-state index in [9.17, 15) is 42.3 Å². The molecule has 0 aliphatic carbocycles. The first-order valence-electron chi connectivity index (χ1n) is 16.9. The fourth-order valence-electron chi connectivity index (χ4n) is 5.92. The van der Waals surface area contributed by atoms with Gasteiger partial charge in [0.2, 0.25) is 23.6 Å². The number of hydrogen-bond donors (Lipinski definition) is 8. The zero-order valence-corrected chi connectivity index (χ0v) is 29.3. The van der Waals surface area contributed by atoms with Gasteiger partial charge in [0.15, 0.2) is 6.61 Å². The summed E-state index contributed by atoms with van der Waals surface area (Å²) in [6.07, 6.45) is -3.93. The Hall–Kier alpha value is -5.69. The molecule has 2 aromatic carbocycles. The average molecular weight is 762 g/mol. The lowest BCUT2D eigenvalue weighted by molar-refractivity contribution is -0.192. The molecule has 0 radical (unpaired) electrons. The molecule has 2 bridgehead atoms. The van der Waals surface area contributed by atoms with Crippen LogP contribution in [-0.4, -0.2) is 118 Å². The Balaban J connectivity index is 0.000000845. The Bertz CT molecular complexity index is 1830. The number of aromatic nitrogens is 1. The van der Waals surface area contributed by atoms with E-state index in [1.807, 2.05) is 36.4 Å². The highest BCUT2D eigenvalue weighted by Gasteiger charge is 2.43. The van der Waals surface area contributed by atoms with Gasteiger partial charge in [0.25, 0.3) is 5.91 Å². The smallest absolute Gasteiger partial charge is 0.484 e. The molecule has 292 valence electrons. The van der Waals surface area contributed by atoms with Crippen molar-refractivity contribution in [2.75, 3.05) is 19.7 Å². The number of nitrogens with zero attached hydrogens (tertiary/aromatic N) is 1. The normalized spacial score (nSPS) is 23.9. The lowest BCUT2D eigenvalue weighted by Gasteiger charge is -2.30. The number of H-pyrrole nitrogens is 1. The lowest BCUT2D eigenvalue weighted by Crippen LogP contribution is -2.60. The minimum atomic E-state index is -5.08. The predicted molar refractivity (Wildman–Crippen MR) is 186 cm³/mol. The summed E-state index contributed by atoms with van der Waals surface area (Å²) >= 11 is 0. The number of benzene rings is 2. The van der Waals surface area contributed by atoms with Crippen molar-refractivity contribution >= 4 is 46.4 Å². The van der Waals surface area contributed by atoms with Gasteiger partial charge in [-0.3, -0.25) is 24.0 Å². The molecular formula is C35H42F3N7O9. The molecule has 1 aromatic heterocycles. The van der Waals surface area contributed by atoms with Crippen LogP contribution in [0.25, 0.3) is 10.9 Å². The molecule has 19 heteroatoms. The molecule has 6 rings (SSSR count). The van der Waals surface area contributed by atoms with Gasteiger partial charge in [0.05, 0.1) is 6.10 Å². The standard InChI is InChI=1S/C33H41N7O7.C2HF3O2/c1-18-30(43)35-12-11-20-7-9-23(10-8-20)47-17-28(42)38-26(13-21-15-36-25-6-4-3-5-24(21)25)33(46)40-16-22(34)14-27(40)31(44)39-29(19(2)41)32(45)37-18;3-2(4,5)1(6)7/h3-10,15,18-19,22,26-27,29,36,41H,11-14,16-17,34H2,1-2H3,(H,35,43)(H,37,45)(H,38,42)(H,39,44);(H,6,7)/t18-,19+,22-,26+,27-,29-;/m0./s1. The van der Waals surface area contributed by atoms with Crippen LogP contribution in [0, 0.1) is 0 Å². The quantitative estimate of drug-likeness (QED) is 0.165. The van der Waals surface area contributed by atoms with Crippen LogP contribution in [0.5, 0.6) is 5.75 Å². The van der Waals surface area contributed by atoms with Crippen molar-refractivity contribution in [3.05, 3.63) is 65.9 Å². The van der Waals surface area contributed by atoms with E-state index in [1.165, 1.54) is 18.7 Å². The Morgan fingerprint density at radius 1 is 1.00 bits per heavy atom. The number of carboxylic acid groups (broad SMARTS) is 1. The number of aliphatic hydroxyl groups is 1. The van der Waals surface area contributed by atoms with E-state index in [0.29, 0.717) is 18.7 Å². The van der Waals surface area contributed by atoms with E-state index >= 15 is 0 Å². The van der Waals surface area contributed by atoms with Crippen LogP contribution in [0.4, 0.5) is 13.2 Å². The third-order valence-electron chi connectivity index (χ3n) is 8.71. The first-order valence-corrected chi connectivity index (χ1v) is 16.9. The summed E-state index contributed by atoms with van der Waals surface area (Å²) in [6.45, 7) is 2.80. The highest BCUT2D eigenvalue weighted by Crippen LogP contribution is 2.23. The number of ether oxygens (including phenoxy) is 1. The second-order valence-electron chi connectivity index (χ2n) is 12.9. The molecule has 3 aromatic rings. The van der Waals surface area contributed by atoms with Crippen molar-refractivity contribution in [3.8, 4) is 5.75 Å². The van der Waals surface area contributed by atoms with Crippen LogP contribution in [0.15, 0.2) is 54.7 Å². The number of hydrogen-bond acceptors (Lipinski definition) is 9. The highest BCUT2D eigenvalue weighted by atomic mass is 19.4. The van der Waals surface area contributed by atoms with E-state index in [4.69, 9.17) is 20.4 Å². The van der Waals surface area contributed by atoms with E-state index < -0.39 is 78.0 Å². The third-order valence-corrected chi connectivity index (χ3v) is 8.71. The summed E-state index contributed by atoms with van der Waals surface area (Å²) in [5, 5.41) is 29.1. The molecule has 3 aliphatic rings. The number of aliphatic hydroxyl groups excluding tert-OH is 1. The molecule has 54 heavy (non-hydrogen) atoms. The van der Waals surface area contributed by atoms with Gasteiger partial charge < -0.3 is 51.8 Å². The number of aliphatic carboxylic acids is 1. The number of fused-ring (bicyclic) bond motifs is 17. The van der Waals surface area contributed by atoms with Crippen LogP contribution >= 0.6 is 0 Å². The maximum Gasteiger partial charge on any atom is 0.490 e. The summed E-state index contributed by atoms with van der Waals surface area (Å²) in [5.74, 6) is -5.29. The first kappa shape index (κ1) is 41.1. The summed E-state index contributed by atoms with van der Waals surface area (Å²) in [6, 6.07) is 9.51. The number of rotatable bonds is 3. The van der Waals surface area contributed by atoms with E-state index in [0.717, 1.165) is 22.0 Å². The molecule has 6 atom stereocenters. The first-order chi connectivity index (χ1) is 25.4. The average Bonchev–Trinajstić information content (AvgIpc) is 3.72. The van der Waals surface area contributed by atoms with Gasteiger partial charge in [-0.15, -0.1) is 0 Å². The van der Waals surface area contributed by atoms with Gasteiger partial charge in [0, 0.05) is 42.7 Å². The molecular weight excluding hydrogens is 719 g/mol. The molecule has 0 unspecified atom stereocenters. The number of alkyl halides is 3. The number of halogens is 3. The Morgan fingerprint density at radius 2 is 1.67 bits per heavy atom. The predicted octanol–water partition coefficient (Wildman–Crippen LogP) is -0.122. The minimum Gasteiger partial charge on any atom is -0.484 e. The molecule has 9 N–H and O–H groups in total. The lowest BCUT2D eigenvalue weighted by atomic mass is 10.0. The molecule has 4 heterocycles. The fourth-order valence-corrected chi connectivity index (χ4v) is 5.92. The van der Waals surface area contributed by atoms with Crippen LogP contribution < -0.4 is 31.7 Å². The molecule has 0 saturated carbocycles. The number of carbonyl (C=O) groups is 6. The largest absolute Gasteiger partial charge is 0.490 e. The van der Waals surface area contributed by atoms with Gasteiger partial charge in [-0.1, -0.05) is 30.3 Å². The van der Waals surface area contributed by atoms with Crippen LogP contribution in [0.1, 0.15) is 31.4 Å². The van der Waals surface area contributed by atoms with Crippen LogP contribution in [0.2, 0.25) is 0 Å². The third kappa shape index (κ3) is 10.9. The SMILES string of the molecule is C[C@@H]1NC(=O)[C@H]([C@@H](C)O)NC(=O)[C@@H]2C[C@H](N)CN2C(=O)[C@@H](Cc2c[nH]c3ccccc23)NC(=O)COc2ccc(cc2)CCNC1=O.O=C(O)C(F)(F)F. The molecule has 1 saturated heterocycles. The van der Waals surface area contributed by atoms with Crippen molar-refractivity contribution < 1.29 is 56.9 Å².